The van der Waals surface area contributed by atoms with Crippen molar-refractivity contribution in [2.75, 3.05) is 6.54 Å². The number of carbonyl (C=O) groups excluding carboxylic acids is 1. The first kappa shape index (κ1) is 19.2. The third-order valence-corrected chi connectivity index (χ3v) is 4.53. The van der Waals surface area contributed by atoms with Crippen LogP contribution in [0.25, 0.3) is 0 Å². The van der Waals surface area contributed by atoms with Crippen LogP contribution in [0.1, 0.15) is 12.8 Å². The fourth-order valence-electron chi connectivity index (χ4n) is 1.69. The highest BCUT2D eigenvalue weighted by molar-refractivity contribution is 7.89. The van der Waals surface area contributed by atoms with Crippen molar-refractivity contribution >= 4 is 33.5 Å². The van der Waals surface area contributed by atoms with Gasteiger partial charge in [-0.3, -0.25) is 15.0 Å². The first-order valence-electron chi connectivity index (χ1n) is 6.53. The topological polar surface area (TPSA) is 160 Å². The summed E-state index contributed by atoms with van der Waals surface area (Å²) in [5, 5.41) is 9.11. The number of hydrogen-bond donors (Lipinski definition) is 5. The van der Waals surface area contributed by atoms with E-state index in [9.17, 15) is 13.2 Å². The second kappa shape index (κ2) is 8.67. The first-order chi connectivity index (χ1) is 10.8. The fraction of sp³-hybridized carbons (Fsp3) is 0.333. The van der Waals surface area contributed by atoms with E-state index < -0.39 is 22.0 Å². The maximum atomic E-state index is 12.2. The third-order valence-electron chi connectivity index (χ3n) is 2.79. The molecule has 1 aromatic carbocycles. The second-order valence-electron chi connectivity index (χ2n) is 4.55. The molecule has 9 nitrogen and oxygen atoms in total. The van der Waals surface area contributed by atoms with Crippen LogP contribution < -0.4 is 21.7 Å². The number of benzene rings is 1. The lowest BCUT2D eigenvalue weighted by atomic mass is 10.1. The normalized spacial score (nSPS) is 12.4. The van der Waals surface area contributed by atoms with Crippen LogP contribution in [-0.2, 0) is 14.8 Å². The predicted octanol–water partition coefficient (Wildman–Crippen LogP) is -0.454. The summed E-state index contributed by atoms with van der Waals surface area (Å²) in [4.78, 5) is 15.3. The maximum absolute atomic E-state index is 12.2. The van der Waals surface area contributed by atoms with Gasteiger partial charge >= 0.3 is 0 Å². The van der Waals surface area contributed by atoms with Gasteiger partial charge in [0.1, 0.15) is 6.04 Å². The molecule has 0 saturated heterocycles. The Morgan fingerprint density at radius 2 is 1.91 bits per heavy atom. The average molecular weight is 364 g/mol. The molecule has 0 spiro atoms. The Kier molecular flexibility index (Phi) is 7.23. The van der Waals surface area contributed by atoms with Crippen molar-refractivity contribution in [3.8, 4) is 0 Å². The van der Waals surface area contributed by atoms with E-state index in [4.69, 9.17) is 28.3 Å². The molecule has 0 aromatic heterocycles. The minimum atomic E-state index is -3.95. The second-order valence-corrected chi connectivity index (χ2v) is 6.70. The minimum absolute atomic E-state index is 0.0538. The third kappa shape index (κ3) is 6.40. The lowest BCUT2D eigenvalue weighted by Gasteiger charge is -2.16. The van der Waals surface area contributed by atoms with Gasteiger partial charge in [0.25, 0.3) is 5.91 Å². The summed E-state index contributed by atoms with van der Waals surface area (Å²) in [6, 6.07) is 4.26. The van der Waals surface area contributed by atoms with Gasteiger partial charge in [0.05, 0.1) is 4.90 Å². The van der Waals surface area contributed by atoms with Crippen LogP contribution in [0.5, 0.6) is 0 Å². The number of nitrogens with zero attached hydrogens (tertiary/aromatic N) is 1. The van der Waals surface area contributed by atoms with Crippen molar-refractivity contribution < 1.29 is 18.4 Å². The van der Waals surface area contributed by atoms with E-state index >= 15 is 0 Å². The molecule has 1 aromatic rings. The first-order valence-corrected chi connectivity index (χ1v) is 8.39. The number of sulfonamides is 1. The van der Waals surface area contributed by atoms with Gasteiger partial charge < -0.3 is 11.5 Å². The number of hydrogen-bond acceptors (Lipinski definition) is 5. The van der Waals surface area contributed by atoms with Crippen LogP contribution in [0, 0.1) is 0 Å². The molecule has 0 aliphatic rings. The summed E-state index contributed by atoms with van der Waals surface area (Å²) >= 11 is 5.71. The molecule has 1 atom stereocenters. The highest BCUT2D eigenvalue weighted by Gasteiger charge is 2.25. The van der Waals surface area contributed by atoms with Gasteiger partial charge in [0, 0.05) is 11.6 Å². The van der Waals surface area contributed by atoms with E-state index in [-0.39, 0.29) is 23.8 Å². The molecule has 128 valence electrons. The summed E-state index contributed by atoms with van der Waals surface area (Å²) in [7, 11) is -3.95. The molecule has 0 saturated carbocycles. The highest BCUT2D eigenvalue weighted by atomic mass is 35.5. The SMILES string of the molecule is NC(N)=NCCCC(NS(=O)(=O)c1ccc(Cl)cc1)C(=O)NO. The van der Waals surface area contributed by atoms with E-state index in [0.717, 1.165) is 0 Å². The maximum Gasteiger partial charge on any atom is 0.261 e. The summed E-state index contributed by atoms with van der Waals surface area (Å²) < 4.78 is 26.7. The Morgan fingerprint density at radius 1 is 1.30 bits per heavy atom. The van der Waals surface area contributed by atoms with Crippen molar-refractivity contribution in [1.82, 2.24) is 10.2 Å². The van der Waals surface area contributed by atoms with Crippen LogP contribution in [0.15, 0.2) is 34.2 Å². The quantitative estimate of drug-likeness (QED) is 0.138. The Bertz CT molecular complexity index is 659. The zero-order chi connectivity index (χ0) is 17.5. The standard InChI is InChI=1S/C12H18ClN5O4S/c13-8-3-5-9(6-4-8)23(21,22)18-10(11(19)17-20)2-1-7-16-12(14)15/h3-6,10,18,20H,1-2,7H2,(H,17,19)(H4,14,15,16). The van der Waals surface area contributed by atoms with Crippen molar-refractivity contribution in [2.45, 2.75) is 23.8 Å². The molecule has 23 heavy (non-hydrogen) atoms. The molecule has 1 unspecified atom stereocenters. The molecular formula is C12H18ClN5O4S. The number of halogens is 1. The molecule has 1 amide bonds. The molecular weight excluding hydrogens is 346 g/mol. The summed E-state index contributed by atoms with van der Waals surface area (Å²) in [5.41, 5.74) is 11.8. The van der Waals surface area contributed by atoms with Crippen LogP contribution >= 0.6 is 11.6 Å². The van der Waals surface area contributed by atoms with Gasteiger partial charge in [-0.25, -0.2) is 13.9 Å². The number of rotatable bonds is 8. The highest BCUT2D eigenvalue weighted by Crippen LogP contribution is 2.15. The zero-order valence-electron chi connectivity index (χ0n) is 12.1. The number of carbonyl (C=O) groups is 1. The summed E-state index contributed by atoms with van der Waals surface area (Å²) in [6.45, 7) is 0.222. The Morgan fingerprint density at radius 3 is 2.43 bits per heavy atom. The molecule has 0 radical (unpaired) electrons. The molecule has 0 bridgehead atoms. The number of guanidine groups is 1. The predicted molar refractivity (Wildman–Crippen MR) is 85.4 cm³/mol. The van der Waals surface area contributed by atoms with Crippen LogP contribution in [0.2, 0.25) is 5.02 Å². The number of nitrogens with two attached hydrogens (primary N) is 2. The Labute approximate surface area is 138 Å². The summed E-state index contributed by atoms with van der Waals surface area (Å²) in [5.74, 6) is -0.984. The molecule has 0 heterocycles. The van der Waals surface area contributed by atoms with Crippen LogP contribution in [0.3, 0.4) is 0 Å². The smallest absolute Gasteiger partial charge is 0.261 e. The fourth-order valence-corrected chi connectivity index (χ4v) is 3.05. The van der Waals surface area contributed by atoms with Gasteiger partial charge in [-0.05, 0) is 37.1 Å². The minimum Gasteiger partial charge on any atom is -0.370 e. The van der Waals surface area contributed by atoms with Crippen LogP contribution in [-0.4, -0.2) is 38.1 Å². The number of nitrogens with one attached hydrogen (secondary N) is 2. The largest absolute Gasteiger partial charge is 0.370 e. The van der Waals surface area contributed by atoms with Gasteiger partial charge in [-0.1, -0.05) is 11.6 Å². The average Bonchev–Trinajstić information content (AvgIpc) is 2.49. The zero-order valence-corrected chi connectivity index (χ0v) is 13.6. The van der Waals surface area contributed by atoms with E-state index in [1.807, 2.05) is 0 Å². The van der Waals surface area contributed by atoms with Gasteiger partial charge in [-0.15, -0.1) is 0 Å². The Balaban J connectivity index is 2.81. The van der Waals surface area contributed by atoms with Crippen molar-refractivity contribution in [2.24, 2.45) is 16.5 Å². The molecule has 1 rings (SSSR count). The lowest BCUT2D eigenvalue weighted by Crippen LogP contribution is -2.45. The lowest BCUT2D eigenvalue weighted by molar-refractivity contribution is -0.131. The monoisotopic (exact) mass is 363 g/mol. The molecule has 7 N–H and O–H groups in total. The summed E-state index contributed by atoms with van der Waals surface area (Å²) in [6.07, 6.45) is 0.426. The molecule has 0 aliphatic heterocycles. The van der Waals surface area contributed by atoms with Crippen molar-refractivity contribution in [3.05, 3.63) is 29.3 Å². The van der Waals surface area contributed by atoms with Gasteiger partial charge in [0.2, 0.25) is 10.0 Å². The molecule has 0 aliphatic carbocycles. The number of hydroxylamine groups is 1. The van der Waals surface area contributed by atoms with E-state index in [1.54, 1.807) is 0 Å². The van der Waals surface area contributed by atoms with Crippen molar-refractivity contribution in [3.63, 3.8) is 0 Å². The van der Waals surface area contributed by atoms with Gasteiger partial charge in [0.15, 0.2) is 5.96 Å². The van der Waals surface area contributed by atoms with E-state index in [1.165, 1.54) is 29.7 Å². The molecule has 0 fully saturated rings. The van der Waals surface area contributed by atoms with Crippen LogP contribution in [0.4, 0.5) is 0 Å². The molecule has 11 heteroatoms. The Hall–Kier alpha value is -1.88. The van der Waals surface area contributed by atoms with E-state index in [2.05, 4.69) is 9.71 Å². The van der Waals surface area contributed by atoms with Crippen molar-refractivity contribution in [1.29, 1.82) is 0 Å². The van der Waals surface area contributed by atoms with E-state index in [0.29, 0.717) is 11.4 Å². The number of amides is 1. The van der Waals surface area contributed by atoms with Gasteiger partial charge in [-0.2, -0.15) is 4.72 Å². The number of aliphatic imine (C=N–C) groups is 1.